The smallest absolute Gasteiger partial charge is 0.114 e. The predicted molar refractivity (Wildman–Crippen MR) is 83.3 cm³/mol. The minimum absolute atomic E-state index is 1.09. The summed E-state index contributed by atoms with van der Waals surface area (Å²) < 4.78 is 0. The van der Waals surface area contributed by atoms with Crippen molar-refractivity contribution in [3.05, 3.63) is 24.3 Å². The van der Waals surface area contributed by atoms with Gasteiger partial charge in [-0.25, -0.2) is 0 Å². The minimum atomic E-state index is -1.14. The summed E-state index contributed by atoms with van der Waals surface area (Å²) in [6, 6.07) is 8.48. The molecule has 17 heavy (non-hydrogen) atoms. The van der Waals surface area contributed by atoms with Gasteiger partial charge in [0.05, 0.1) is 5.69 Å². The van der Waals surface area contributed by atoms with Crippen LogP contribution < -0.4 is 0 Å². The summed E-state index contributed by atoms with van der Waals surface area (Å²) in [5.41, 5.74) is 1.14. The third-order valence-corrected chi connectivity index (χ3v) is 5.87. The van der Waals surface area contributed by atoms with Crippen LogP contribution in [0, 0.1) is 0 Å². The Morgan fingerprint density at radius 2 is 1.94 bits per heavy atom. The first kappa shape index (κ1) is 14.5. The zero-order valence-corrected chi connectivity index (χ0v) is 13.2. The lowest BCUT2D eigenvalue weighted by atomic mass is 10.3. The van der Waals surface area contributed by atoms with E-state index in [4.69, 9.17) is 0 Å². The second-order valence-corrected chi connectivity index (χ2v) is 14.3. The maximum Gasteiger partial charge on any atom is 0.114 e. The Hall–Kier alpha value is -0.543. The van der Waals surface area contributed by atoms with Crippen LogP contribution in [0.1, 0.15) is 26.2 Å². The molecule has 0 aromatic heterocycles. The molecule has 1 aromatic carbocycles. The average molecular weight is 265 g/mol. The summed E-state index contributed by atoms with van der Waals surface area (Å²) in [7, 11) is -1.14. The van der Waals surface area contributed by atoms with Crippen LogP contribution in [-0.4, -0.2) is 13.4 Å². The Morgan fingerprint density at radius 1 is 1.24 bits per heavy atom. The topological polar surface area (TPSA) is 12.4 Å². The van der Waals surface area contributed by atoms with E-state index in [1.807, 2.05) is 11.2 Å². The molecule has 0 atom stereocenters. The fourth-order valence-electron chi connectivity index (χ4n) is 1.44. The second-order valence-electron chi connectivity index (χ2n) is 5.14. The molecule has 0 aliphatic carbocycles. The lowest BCUT2D eigenvalue weighted by Crippen LogP contribution is -2.13. The van der Waals surface area contributed by atoms with E-state index in [0.717, 1.165) is 12.1 Å². The van der Waals surface area contributed by atoms with E-state index in [2.05, 4.69) is 62.0 Å². The van der Waals surface area contributed by atoms with Gasteiger partial charge in [0.15, 0.2) is 0 Å². The van der Waals surface area contributed by atoms with Gasteiger partial charge in [-0.05, 0) is 25.0 Å². The van der Waals surface area contributed by atoms with E-state index in [-0.39, 0.29) is 0 Å². The van der Waals surface area contributed by atoms with E-state index in [9.17, 15) is 0 Å². The van der Waals surface area contributed by atoms with Crippen molar-refractivity contribution in [2.75, 3.05) is 0 Å². The number of hydrogen-bond donors (Lipinski definition) is 0. The summed E-state index contributed by atoms with van der Waals surface area (Å²) in [6.45, 7) is 9.32. The van der Waals surface area contributed by atoms with Gasteiger partial charge in [-0.2, -0.15) is 0 Å². The van der Waals surface area contributed by atoms with Crippen molar-refractivity contribution in [2.24, 2.45) is 4.99 Å². The van der Waals surface area contributed by atoms with Crippen molar-refractivity contribution in [3.63, 3.8) is 0 Å². The van der Waals surface area contributed by atoms with Gasteiger partial charge < -0.3 is 0 Å². The van der Waals surface area contributed by atoms with Crippen LogP contribution in [0.15, 0.2) is 34.2 Å². The van der Waals surface area contributed by atoms with Gasteiger partial charge in [0.2, 0.25) is 0 Å². The highest BCUT2D eigenvalue weighted by atomic mass is 32.4. The van der Waals surface area contributed by atoms with Gasteiger partial charge in [0.1, 0.15) is 7.22 Å². The number of benzene rings is 1. The second kappa shape index (κ2) is 7.02. The fourth-order valence-corrected chi connectivity index (χ4v) is 4.97. The van der Waals surface area contributed by atoms with Crippen molar-refractivity contribution < 1.29 is 0 Å². The van der Waals surface area contributed by atoms with Crippen LogP contribution in [0.2, 0.25) is 19.6 Å². The quantitative estimate of drug-likeness (QED) is 0.375. The first-order chi connectivity index (χ1) is 8.03. The normalized spacial score (nSPS) is 12.2. The van der Waals surface area contributed by atoms with E-state index in [1.54, 1.807) is 0 Å². The molecule has 0 heterocycles. The van der Waals surface area contributed by atoms with Gasteiger partial charge in [-0.1, -0.05) is 45.1 Å². The molecule has 0 aliphatic rings. The molecule has 0 spiro atoms. The van der Waals surface area contributed by atoms with Crippen molar-refractivity contribution in [3.8, 4) is 0 Å². The van der Waals surface area contributed by atoms with Gasteiger partial charge in [0.25, 0.3) is 0 Å². The molecule has 1 aromatic rings. The SMILES string of the molecule is CCCCC=Nc1ccccc1S[Si](C)(C)C. The maximum absolute atomic E-state index is 4.60. The molecule has 0 N–H and O–H groups in total. The van der Waals surface area contributed by atoms with Crippen LogP contribution >= 0.6 is 11.2 Å². The standard InChI is InChI=1S/C14H23NSSi/c1-5-6-9-12-15-13-10-7-8-11-14(13)16-17(2,3)4/h7-8,10-12H,5-6,9H2,1-4H3. The lowest BCUT2D eigenvalue weighted by molar-refractivity contribution is 0.842. The van der Waals surface area contributed by atoms with Crippen molar-refractivity contribution >= 4 is 30.3 Å². The zero-order valence-electron chi connectivity index (χ0n) is 11.4. The number of para-hydroxylation sites is 1. The minimum Gasteiger partial charge on any atom is -0.260 e. The molecule has 0 unspecified atom stereocenters. The van der Waals surface area contributed by atoms with Crippen LogP contribution in [0.25, 0.3) is 0 Å². The number of aliphatic imine (C=N–C) groups is 1. The Kier molecular flexibility index (Phi) is 5.99. The van der Waals surface area contributed by atoms with Crippen LogP contribution in [0.5, 0.6) is 0 Å². The molecule has 3 heteroatoms. The maximum atomic E-state index is 4.60. The number of hydrogen-bond acceptors (Lipinski definition) is 2. The molecular weight excluding hydrogens is 242 g/mol. The molecular formula is C14H23NSSi. The van der Waals surface area contributed by atoms with Gasteiger partial charge >= 0.3 is 0 Å². The molecule has 1 nitrogen and oxygen atoms in total. The molecule has 94 valence electrons. The molecule has 0 aliphatic heterocycles. The Morgan fingerprint density at radius 3 is 2.59 bits per heavy atom. The number of rotatable bonds is 6. The highest BCUT2D eigenvalue weighted by molar-refractivity contribution is 8.28. The van der Waals surface area contributed by atoms with E-state index in [1.165, 1.54) is 17.7 Å². The average Bonchev–Trinajstić information content (AvgIpc) is 2.24. The predicted octanol–water partition coefficient (Wildman–Crippen LogP) is 5.51. The van der Waals surface area contributed by atoms with Gasteiger partial charge in [-0.15, -0.1) is 11.2 Å². The largest absolute Gasteiger partial charge is 0.260 e. The van der Waals surface area contributed by atoms with Crippen LogP contribution in [-0.2, 0) is 0 Å². The summed E-state index contributed by atoms with van der Waals surface area (Å²) >= 11 is 2.02. The zero-order chi connectivity index (χ0) is 12.7. The van der Waals surface area contributed by atoms with E-state index < -0.39 is 7.22 Å². The van der Waals surface area contributed by atoms with E-state index in [0.29, 0.717) is 0 Å². The summed E-state index contributed by atoms with van der Waals surface area (Å²) in [5, 5.41) is 0. The van der Waals surface area contributed by atoms with Crippen LogP contribution in [0.4, 0.5) is 5.69 Å². The van der Waals surface area contributed by atoms with Gasteiger partial charge in [-0.3, -0.25) is 4.99 Å². The Labute approximate surface area is 110 Å². The molecule has 0 saturated heterocycles. The highest BCUT2D eigenvalue weighted by Gasteiger charge is 2.16. The van der Waals surface area contributed by atoms with Crippen molar-refractivity contribution in [2.45, 2.75) is 50.7 Å². The molecule has 0 fully saturated rings. The lowest BCUT2D eigenvalue weighted by Gasteiger charge is -2.16. The summed E-state index contributed by atoms with van der Waals surface area (Å²) in [4.78, 5) is 5.94. The molecule has 0 bridgehead atoms. The van der Waals surface area contributed by atoms with E-state index >= 15 is 0 Å². The number of unbranched alkanes of at least 4 members (excludes halogenated alkanes) is 2. The molecule has 0 amide bonds. The molecule has 1 rings (SSSR count). The van der Waals surface area contributed by atoms with Crippen LogP contribution in [0.3, 0.4) is 0 Å². The highest BCUT2D eigenvalue weighted by Crippen LogP contribution is 2.35. The third-order valence-electron chi connectivity index (χ3n) is 2.20. The third kappa shape index (κ3) is 6.08. The number of nitrogens with zero attached hydrogens (tertiary/aromatic N) is 1. The summed E-state index contributed by atoms with van der Waals surface area (Å²) in [5.74, 6) is 0. The first-order valence-corrected chi connectivity index (χ1v) is 11.4. The Bertz CT molecular complexity index is 369. The fraction of sp³-hybridized carbons (Fsp3) is 0.500. The molecule has 0 saturated carbocycles. The Balaban J connectivity index is 2.74. The monoisotopic (exact) mass is 265 g/mol. The van der Waals surface area contributed by atoms with Crippen molar-refractivity contribution in [1.29, 1.82) is 0 Å². The van der Waals surface area contributed by atoms with Gasteiger partial charge in [0, 0.05) is 11.1 Å². The summed E-state index contributed by atoms with van der Waals surface area (Å²) in [6.07, 6.45) is 5.61. The molecule has 0 radical (unpaired) electrons. The van der Waals surface area contributed by atoms with Crippen molar-refractivity contribution in [1.82, 2.24) is 0 Å². The first-order valence-electron chi connectivity index (χ1n) is 6.33.